The third kappa shape index (κ3) is 4.38. The van der Waals surface area contributed by atoms with Gasteiger partial charge in [-0.2, -0.15) is 13.2 Å². The van der Waals surface area contributed by atoms with Crippen LogP contribution in [0.25, 0.3) is 0 Å². The lowest BCUT2D eigenvalue weighted by atomic mass is 9.90. The third-order valence-electron chi connectivity index (χ3n) is 5.02. The number of amides is 2. The number of alkyl halides is 3. The second-order valence-electron chi connectivity index (χ2n) is 7.08. The number of nitrogens with zero attached hydrogens (tertiary/aromatic N) is 2. The van der Waals surface area contributed by atoms with E-state index in [0.29, 0.717) is 23.9 Å². The molecule has 0 bridgehead atoms. The Hall–Kier alpha value is -1.80. The third-order valence-corrected chi connectivity index (χ3v) is 5.28. The smallest absolute Gasteiger partial charge is 0.373 e. The summed E-state index contributed by atoms with van der Waals surface area (Å²) >= 11 is 5.82. The number of benzene rings is 1. The highest BCUT2D eigenvalue weighted by molar-refractivity contribution is 6.30. The fourth-order valence-corrected chi connectivity index (χ4v) is 3.39. The molecule has 2 amide bonds. The van der Waals surface area contributed by atoms with Crippen LogP contribution in [-0.2, 0) is 4.79 Å². The van der Waals surface area contributed by atoms with Gasteiger partial charge in [-0.05, 0) is 43.5 Å². The van der Waals surface area contributed by atoms with Crippen molar-refractivity contribution in [2.24, 2.45) is 5.92 Å². The summed E-state index contributed by atoms with van der Waals surface area (Å²) in [4.78, 5) is 27.3. The molecule has 5 nitrogen and oxygen atoms in total. The number of hydrogen-bond acceptors (Lipinski definition) is 3. The Bertz CT molecular complexity index is 707. The molecular formula is C18H22ClF3N2O3. The van der Waals surface area contributed by atoms with Crippen LogP contribution < -0.4 is 0 Å². The Morgan fingerprint density at radius 1 is 1.26 bits per heavy atom. The Labute approximate surface area is 160 Å². The summed E-state index contributed by atoms with van der Waals surface area (Å²) in [5.41, 5.74) is -2.97. The SMILES string of the molecule is CC1CN(C(=O)C(C)(O)C(F)(F)F)CCC1N(C)C(=O)c1ccc(Cl)cc1. The summed E-state index contributed by atoms with van der Waals surface area (Å²) in [5.74, 6) is -1.86. The number of likely N-dealkylation sites (tertiary alicyclic amines) is 1. The quantitative estimate of drug-likeness (QED) is 0.839. The average Bonchev–Trinajstić information content (AvgIpc) is 2.59. The molecule has 1 aliphatic heterocycles. The minimum absolute atomic E-state index is 0.0218. The minimum atomic E-state index is -5.05. The highest BCUT2D eigenvalue weighted by atomic mass is 35.5. The zero-order valence-corrected chi connectivity index (χ0v) is 16.0. The van der Waals surface area contributed by atoms with E-state index in [1.54, 1.807) is 38.2 Å². The van der Waals surface area contributed by atoms with Gasteiger partial charge in [0.05, 0.1) is 0 Å². The van der Waals surface area contributed by atoms with Crippen LogP contribution in [0.2, 0.25) is 5.02 Å². The molecule has 1 heterocycles. The van der Waals surface area contributed by atoms with Gasteiger partial charge in [0, 0.05) is 36.8 Å². The van der Waals surface area contributed by atoms with Crippen LogP contribution in [0.3, 0.4) is 0 Å². The maximum Gasteiger partial charge on any atom is 0.426 e. The molecule has 1 fully saturated rings. The molecule has 1 aromatic rings. The van der Waals surface area contributed by atoms with Gasteiger partial charge in [-0.3, -0.25) is 9.59 Å². The van der Waals surface area contributed by atoms with Crippen LogP contribution in [0.4, 0.5) is 13.2 Å². The number of halogens is 4. The van der Waals surface area contributed by atoms with Gasteiger partial charge in [0.2, 0.25) is 5.60 Å². The van der Waals surface area contributed by atoms with Crippen molar-refractivity contribution in [3.05, 3.63) is 34.9 Å². The predicted octanol–water partition coefficient (Wildman–Crippen LogP) is 2.96. The Morgan fingerprint density at radius 3 is 2.30 bits per heavy atom. The number of carbonyl (C=O) groups is 2. The largest absolute Gasteiger partial charge is 0.426 e. The van der Waals surface area contributed by atoms with Gasteiger partial charge >= 0.3 is 6.18 Å². The molecule has 1 N–H and O–H groups in total. The highest BCUT2D eigenvalue weighted by Gasteiger charge is 2.57. The van der Waals surface area contributed by atoms with Gasteiger partial charge in [-0.25, -0.2) is 0 Å². The van der Waals surface area contributed by atoms with E-state index in [0.717, 1.165) is 4.90 Å². The van der Waals surface area contributed by atoms with Crippen LogP contribution in [-0.4, -0.2) is 64.7 Å². The Kier molecular flexibility index (Phi) is 6.11. The fraction of sp³-hybridized carbons (Fsp3) is 0.556. The first-order chi connectivity index (χ1) is 12.4. The second kappa shape index (κ2) is 7.67. The van der Waals surface area contributed by atoms with Crippen LogP contribution in [0.1, 0.15) is 30.6 Å². The standard InChI is InChI=1S/C18H22ClF3N2O3/c1-11-10-24(16(26)17(2,27)18(20,21)22)9-8-14(11)23(3)15(25)12-4-6-13(19)7-5-12/h4-7,11,14,27H,8-10H2,1-3H3. The Balaban J connectivity index is 2.07. The number of rotatable bonds is 3. The molecule has 1 aliphatic rings. The normalized spacial score (nSPS) is 22.9. The van der Waals surface area contributed by atoms with E-state index in [-0.39, 0.29) is 31.0 Å². The molecule has 0 saturated carbocycles. The summed E-state index contributed by atoms with van der Waals surface area (Å²) in [5, 5.41) is 10.1. The molecule has 0 spiro atoms. The van der Waals surface area contributed by atoms with Crippen molar-refractivity contribution in [3.63, 3.8) is 0 Å². The maximum atomic E-state index is 12.9. The first-order valence-electron chi connectivity index (χ1n) is 8.47. The van der Waals surface area contributed by atoms with Gasteiger partial charge in [0.1, 0.15) is 0 Å². The zero-order valence-electron chi connectivity index (χ0n) is 15.3. The number of piperidine rings is 1. The van der Waals surface area contributed by atoms with Crippen LogP contribution in [0.15, 0.2) is 24.3 Å². The summed E-state index contributed by atoms with van der Waals surface area (Å²) in [6.07, 6.45) is -4.73. The van der Waals surface area contributed by atoms with E-state index in [1.807, 2.05) is 0 Å². The molecule has 150 valence electrons. The molecule has 27 heavy (non-hydrogen) atoms. The van der Waals surface area contributed by atoms with Gasteiger partial charge in [0.25, 0.3) is 11.8 Å². The second-order valence-corrected chi connectivity index (χ2v) is 7.51. The monoisotopic (exact) mass is 406 g/mol. The molecule has 1 saturated heterocycles. The average molecular weight is 407 g/mol. The lowest BCUT2D eigenvalue weighted by Crippen LogP contribution is -2.60. The van der Waals surface area contributed by atoms with Crippen molar-refractivity contribution in [1.29, 1.82) is 0 Å². The van der Waals surface area contributed by atoms with E-state index >= 15 is 0 Å². The minimum Gasteiger partial charge on any atom is -0.373 e. The van der Waals surface area contributed by atoms with E-state index in [9.17, 15) is 27.9 Å². The van der Waals surface area contributed by atoms with Gasteiger partial charge in [-0.1, -0.05) is 18.5 Å². The van der Waals surface area contributed by atoms with Crippen LogP contribution in [0.5, 0.6) is 0 Å². The molecule has 3 atom stereocenters. The summed E-state index contributed by atoms with van der Waals surface area (Å²) in [7, 11) is 1.63. The van der Waals surface area contributed by atoms with Crippen molar-refractivity contribution >= 4 is 23.4 Å². The summed E-state index contributed by atoms with van der Waals surface area (Å²) in [6, 6.07) is 6.17. The van der Waals surface area contributed by atoms with Crippen molar-refractivity contribution in [2.75, 3.05) is 20.1 Å². The summed E-state index contributed by atoms with van der Waals surface area (Å²) < 4.78 is 38.7. The predicted molar refractivity (Wildman–Crippen MR) is 94.4 cm³/mol. The lowest BCUT2D eigenvalue weighted by molar-refractivity contribution is -0.251. The number of carbonyl (C=O) groups excluding carboxylic acids is 2. The Morgan fingerprint density at radius 2 is 1.81 bits per heavy atom. The molecule has 0 radical (unpaired) electrons. The van der Waals surface area contributed by atoms with E-state index in [4.69, 9.17) is 11.6 Å². The van der Waals surface area contributed by atoms with Crippen LogP contribution in [0, 0.1) is 5.92 Å². The first kappa shape index (κ1) is 21.5. The lowest BCUT2D eigenvalue weighted by Gasteiger charge is -2.43. The van der Waals surface area contributed by atoms with Crippen LogP contribution >= 0.6 is 11.6 Å². The van der Waals surface area contributed by atoms with Gasteiger partial charge in [0.15, 0.2) is 0 Å². The summed E-state index contributed by atoms with van der Waals surface area (Å²) in [6.45, 7) is 2.27. The molecule has 2 rings (SSSR count). The molecule has 9 heteroatoms. The molecule has 0 aliphatic carbocycles. The van der Waals surface area contributed by atoms with Gasteiger partial charge in [-0.15, -0.1) is 0 Å². The topological polar surface area (TPSA) is 60.9 Å². The molecular weight excluding hydrogens is 385 g/mol. The van der Waals surface area contributed by atoms with E-state index in [2.05, 4.69) is 0 Å². The maximum absolute atomic E-state index is 12.9. The zero-order chi connectivity index (χ0) is 20.6. The van der Waals surface area contributed by atoms with Gasteiger partial charge < -0.3 is 14.9 Å². The van der Waals surface area contributed by atoms with Crippen molar-refractivity contribution in [1.82, 2.24) is 9.80 Å². The highest BCUT2D eigenvalue weighted by Crippen LogP contribution is 2.33. The van der Waals surface area contributed by atoms with Crippen molar-refractivity contribution < 1.29 is 27.9 Å². The first-order valence-corrected chi connectivity index (χ1v) is 8.85. The van der Waals surface area contributed by atoms with Crippen molar-refractivity contribution in [2.45, 2.75) is 38.1 Å². The fourth-order valence-electron chi connectivity index (χ4n) is 3.27. The molecule has 0 aromatic heterocycles. The molecule has 1 aromatic carbocycles. The number of aliphatic hydroxyl groups is 1. The number of hydrogen-bond donors (Lipinski definition) is 1. The van der Waals surface area contributed by atoms with E-state index in [1.165, 1.54) is 4.90 Å². The molecule has 3 unspecified atom stereocenters. The van der Waals surface area contributed by atoms with E-state index < -0.39 is 17.7 Å². The van der Waals surface area contributed by atoms with Crippen molar-refractivity contribution in [3.8, 4) is 0 Å².